The van der Waals surface area contributed by atoms with E-state index in [-0.39, 0.29) is 0 Å². The minimum Gasteiger partial charge on any atom is -0.395 e. The Morgan fingerprint density at radius 2 is 0.958 bits per heavy atom. The minimum atomic E-state index is -7.64. The zero-order valence-electron chi connectivity index (χ0n) is 10.7. The molecular weight excluding hydrogens is 498 g/mol. The maximum absolute atomic E-state index is 13.5. The standard InChI is InChI=1S/C9H6F13IO/c10-5(11,6(12,13)9(20,21)22)4(7(14,15)16,8(17,18)19)1-3(23)2-24/h3,24H,1-2H2. The molecule has 0 rings (SSSR count). The van der Waals surface area contributed by atoms with Crippen LogP contribution in [-0.4, -0.2) is 46.0 Å². The van der Waals surface area contributed by atoms with Crippen LogP contribution in [0.25, 0.3) is 0 Å². The van der Waals surface area contributed by atoms with Gasteiger partial charge in [0.25, 0.3) is 0 Å². The summed E-state index contributed by atoms with van der Waals surface area (Å²) in [5, 5.41) is 8.46. The second-order valence-electron chi connectivity index (χ2n) is 4.53. The Labute approximate surface area is 138 Å². The fourth-order valence-electron chi connectivity index (χ4n) is 1.72. The van der Waals surface area contributed by atoms with E-state index in [9.17, 15) is 57.1 Å². The molecule has 0 aromatic rings. The highest BCUT2D eigenvalue weighted by molar-refractivity contribution is 14.1. The largest absolute Gasteiger partial charge is 0.459 e. The smallest absolute Gasteiger partial charge is 0.395 e. The topological polar surface area (TPSA) is 20.2 Å². The Kier molecular flexibility index (Phi) is 6.44. The summed E-state index contributed by atoms with van der Waals surface area (Å²) in [7, 11) is 0. The average Bonchev–Trinajstić information content (AvgIpc) is 2.30. The van der Waals surface area contributed by atoms with E-state index in [1.54, 1.807) is 0 Å². The zero-order chi connectivity index (χ0) is 20.0. The van der Waals surface area contributed by atoms with Crippen molar-refractivity contribution >= 4 is 22.6 Å². The molecule has 0 saturated heterocycles. The highest BCUT2D eigenvalue weighted by Crippen LogP contribution is 2.67. The van der Waals surface area contributed by atoms with Crippen LogP contribution < -0.4 is 0 Å². The number of aliphatic hydroxyl groups excluding tert-OH is 1. The number of alkyl halides is 14. The van der Waals surface area contributed by atoms with Gasteiger partial charge in [0.2, 0.25) is 5.41 Å². The van der Waals surface area contributed by atoms with Crippen molar-refractivity contribution in [2.75, 3.05) is 6.61 Å². The van der Waals surface area contributed by atoms with E-state index in [1.165, 1.54) is 0 Å². The summed E-state index contributed by atoms with van der Waals surface area (Å²) in [6, 6.07) is 0. The molecule has 0 saturated carbocycles. The summed E-state index contributed by atoms with van der Waals surface area (Å²) in [5.41, 5.74) is -6.74. The molecule has 0 amide bonds. The molecule has 1 unspecified atom stereocenters. The monoisotopic (exact) mass is 504 g/mol. The lowest BCUT2D eigenvalue weighted by atomic mass is 9.72. The van der Waals surface area contributed by atoms with Crippen LogP contribution in [0.15, 0.2) is 0 Å². The van der Waals surface area contributed by atoms with Crippen molar-refractivity contribution < 1.29 is 62.2 Å². The van der Waals surface area contributed by atoms with Crippen LogP contribution in [0, 0.1) is 5.41 Å². The first-order valence-electron chi connectivity index (χ1n) is 5.41. The number of aliphatic hydroxyl groups is 1. The second-order valence-corrected chi connectivity index (χ2v) is 6.29. The summed E-state index contributed by atoms with van der Waals surface area (Å²) < 4.78 is 163. The van der Waals surface area contributed by atoms with Gasteiger partial charge in [-0.1, -0.05) is 22.6 Å². The van der Waals surface area contributed by atoms with Gasteiger partial charge in [-0.2, -0.15) is 57.1 Å². The van der Waals surface area contributed by atoms with Gasteiger partial charge in [0, 0.05) is 3.92 Å². The summed E-state index contributed by atoms with van der Waals surface area (Å²) in [6.45, 7) is -1.61. The van der Waals surface area contributed by atoms with Crippen molar-refractivity contribution in [3.63, 3.8) is 0 Å². The average molecular weight is 504 g/mol. The van der Waals surface area contributed by atoms with E-state index >= 15 is 0 Å². The van der Waals surface area contributed by atoms with E-state index < -0.39 is 52.7 Å². The highest BCUT2D eigenvalue weighted by atomic mass is 127. The molecule has 146 valence electrons. The van der Waals surface area contributed by atoms with Gasteiger partial charge in [-0.05, 0) is 6.42 Å². The van der Waals surface area contributed by atoms with Crippen LogP contribution in [0.5, 0.6) is 0 Å². The fraction of sp³-hybridized carbons (Fsp3) is 1.00. The predicted octanol–water partition coefficient (Wildman–Crippen LogP) is 5.12. The number of rotatable bonds is 5. The van der Waals surface area contributed by atoms with E-state index in [0.717, 1.165) is 0 Å². The van der Waals surface area contributed by atoms with Crippen LogP contribution in [-0.2, 0) is 0 Å². The van der Waals surface area contributed by atoms with Crippen molar-refractivity contribution in [2.24, 2.45) is 5.41 Å². The molecule has 24 heavy (non-hydrogen) atoms. The first-order valence-corrected chi connectivity index (χ1v) is 6.66. The highest BCUT2D eigenvalue weighted by Gasteiger charge is 2.91. The maximum Gasteiger partial charge on any atom is 0.459 e. The van der Waals surface area contributed by atoms with Gasteiger partial charge < -0.3 is 5.11 Å². The lowest BCUT2D eigenvalue weighted by molar-refractivity contribution is -0.461. The summed E-state index contributed by atoms with van der Waals surface area (Å²) in [6.07, 6.45) is -24.8. The Bertz CT molecular complexity index is 420. The Balaban J connectivity index is 6.83. The van der Waals surface area contributed by atoms with E-state index in [0.29, 0.717) is 22.6 Å². The van der Waals surface area contributed by atoms with Crippen molar-refractivity contribution in [1.82, 2.24) is 0 Å². The molecule has 0 aromatic carbocycles. The molecule has 0 bridgehead atoms. The zero-order valence-corrected chi connectivity index (χ0v) is 12.9. The van der Waals surface area contributed by atoms with Gasteiger partial charge >= 0.3 is 30.4 Å². The third-order valence-corrected chi connectivity index (χ3v) is 3.81. The molecule has 1 N–H and O–H groups in total. The maximum atomic E-state index is 13.5. The summed E-state index contributed by atoms with van der Waals surface area (Å²) in [4.78, 5) is 0. The Hall–Kier alpha value is -0.220. The summed E-state index contributed by atoms with van der Waals surface area (Å²) in [5.74, 6) is -15.3. The van der Waals surface area contributed by atoms with Gasteiger partial charge in [0.05, 0.1) is 6.61 Å². The van der Waals surface area contributed by atoms with Crippen LogP contribution in [0.3, 0.4) is 0 Å². The molecule has 0 radical (unpaired) electrons. The molecule has 0 spiro atoms. The molecule has 0 aliphatic carbocycles. The Morgan fingerprint density at radius 1 is 0.625 bits per heavy atom. The molecule has 15 heteroatoms. The quantitative estimate of drug-likeness (QED) is 0.314. The number of hydrogen-bond acceptors (Lipinski definition) is 1. The van der Waals surface area contributed by atoms with Gasteiger partial charge in [-0.3, -0.25) is 0 Å². The predicted molar refractivity (Wildman–Crippen MR) is 60.0 cm³/mol. The first kappa shape index (κ1) is 23.8. The number of halogens is 14. The minimum absolute atomic E-state index is 0.590. The van der Waals surface area contributed by atoms with Crippen molar-refractivity contribution in [3.05, 3.63) is 0 Å². The van der Waals surface area contributed by atoms with E-state index in [2.05, 4.69) is 0 Å². The van der Waals surface area contributed by atoms with Crippen molar-refractivity contribution in [2.45, 2.75) is 40.7 Å². The van der Waals surface area contributed by atoms with Gasteiger partial charge in [-0.25, -0.2) is 0 Å². The van der Waals surface area contributed by atoms with Gasteiger partial charge in [-0.15, -0.1) is 0 Å². The van der Waals surface area contributed by atoms with Crippen molar-refractivity contribution in [1.29, 1.82) is 0 Å². The SMILES string of the molecule is OCC(I)CC(C(F)(F)F)(C(F)(F)F)C(F)(F)C(F)(F)C(F)(F)F. The Morgan fingerprint density at radius 3 is 1.17 bits per heavy atom. The summed E-state index contributed by atoms with van der Waals surface area (Å²) >= 11 is 0.590. The molecule has 0 heterocycles. The second kappa shape index (κ2) is 6.50. The fourth-order valence-corrected chi connectivity index (χ4v) is 2.38. The third-order valence-electron chi connectivity index (χ3n) is 2.98. The number of hydrogen-bond donors (Lipinski definition) is 1. The van der Waals surface area contributed by atoms with Crippen LogP contribution >= 0.6 is 22.6 Å². The third kappa shape index (κ3) is 3.51. The first-order chi connectivity index (χ1) is 10.2. The van der Waals surface area contributed by atoms with Gasteiger partial charge in [0.15, 0.2) is 0 Å². The molecule has 0 aliphatic heterocycles. The van der Waals surface area contributed by atoms with Crippen LogP contribution in [0.4, 0.5) is 57.1 Å². The molecular formula is C9H6F13IO. The normalized spacial score (nSPS) is 17.1. The van der Waals surface area contributed by atoms with Crippen LogP contribution in [0.1, 0.15) is 6.42 Å². The van der Waals surface area contributed by atoms with Gasteiger partial charge in [0.1, 0.15) is 0 Å². The van der Waals surface area contributed by atoms with Crippen molar-refractivity contribution in [3.8, 4) is 0 Å². The molecule has 0 fully saturated rings. The molecule has 0 aliphatic rings. The lowest BCUT2D eigenvalue weighted by Gasteiger charge is -2.46. The van der Waals surface area contributed by atoms with E-state index in [4.69, 9.17) is 5.11 Å². The van der Waals surface area contributed by atoms with E-state index in [1.807, 2.05) is 0 Å². The molecule has 1 nitrogen and oxygen atoms in total. The lowest BCUT2D eigenvalue weighted by Crippen LogP contribution is -2.70. The molecule has 0 aromatic heterocycles. The molecule has 1 atom stereocenters. The van der Waals surface area contributed by atoms with Crippen LogP contribution in [0.2, 0.25) is 0 Å².